The zero-order chi connectivity index (χ0) is 13.9. The summed E-state index contributed by atoms with van der Waals surface area (Å²) in [5.74, 6) is 3.13. The zero-order valence-electron chi connectivity index (χ0n) is 12.5. The van der Waals surface area contributed by atoms with E-state index in [1.54, 1.807) is 0 Å². The zero-order valence-corrected chi connectivity index (χ0v) is 12.5. The number of nitrogens with zero attached hydrogens (tertiary/aromatic N) is 2. The minimum atomic E-state index is 0.206. The minimum absolute atomic E-state index is 0.206. The Balaban J connectivity index is 1.69. The molecule has 4 unspecified atom stereocenters. The Labute approximate surface area is 120 Å². The fourth-order valence-corrected chi connectivity index (χ4v) is 3.49. The Hall–Kier alpha value is -0.940. The number of rotatable bonds is 4. The van der Waals surface area contributed by atoms with Gasteiger partial charge in [-0.2, -0.15) is 4.98 Å². The van der Waals surface area contributed by atoms with Crippen molar-refractivity contribution in [2.24, 2.45) is 5.92 Å². The first kappa shape index (κ1) is 14.0. The van der Waals surface area contributed by atoms with E-state index < -0.39 is 0 Å². The van der Waals surface area contributed by atoms with E-state index in [2.05, 4.69) is 29.3 Å². The lowest BCUT2D eigenvalue weighted by atomic mass is 9.82. The van der Waals surface area contributed by atoms with Crippen molar-refractivity contribution >= 4 is 0 Å². The van der Waals surface area contributed by atoms with Crippen LogP contribution in [-0.4, -0.2) is 35.9 Å². The molecule has 4 atom stereocenters. The summed E-state index contributed by atoms with van der Waals surface area (Å²) in [4.78, 5) is 4.69. The van der Waals surface area contributed by atoms with Crippen molar-refractivity contribution < 1.29 is 9.26 Å². The second kappa shape index (κ2) is 6.22. The summed E-state index contributed by atoms with van der Waals surface area (Å²) in [6.45, 7) is 6.78. The lowest BCUT2D eigenvalue weighted by molar-refractivity contribution is 0.185. The van der Waals surface area contributed by atoms with Crippen molar-refractivity contribution in [1.82, 2.24) is 15.5 Å². The Morgan fingerprint density at radius 3 is 3.00 bits per heavy atom. The van der Waals surface area contributed by atoms with Crippen LogP contribution in [0.25, 0.3) is 0 Å². The predicted molar refractivity (Wildman–Crippen MR) is 75.7 cm³/mol. The Kier molecular flexibility index (Phi) is 4.36. The van der Waals surface area contributed by atoms with Gasteiger partial charge >= 0.3 is 0 Å². The van der Waals surface area contributed by atoms with Crippen LogP contribution in [0.2, 0.25) is 0 Å². The van der Waals surface area contributed by atoms with Crippen LogP contribution in [0.4, 0.5) is 0 Å². The first-order valence-electron chi connectivity index (χ1n) is 7.92. The second-order valence-corrected chi connectivity index (χ2v) is 6.27. The third-order valence-electron chi connectivity index (χ3n) is 4.62. The highest BCUT2D eigenvalue weighted by molar-refractivity contribution is 5.05. The van der Waals surface area contributed by atoms with Crippen LogP contribution in [0.15, 0.2) is 4.52 Å². The van der Waals surface area contributed by atoms with Gasteiger partial charge in [0, 0.05) is 12.0 Å². The molecule has 1 N–H and O–H groups in total. The number of aromatic nitrogens is 2. The fourth-order valence-electron chi connectivity index (χ4n) is 3.49. The maximum Gasteiger partial charge on any atom is 0.233 e. The number of hydrogen-bond donors (Lipinski definition) is 1. The lowest BCUT2D eigenvalue weighted by Crippen LogP contribution is -2.34. The van der Waals surface area contributed by atoms with Crippen LogP contribution in [0.3, 0.4) is 0 Å². The summed E-state index contributed by atoms with van der Waals surface area (Å²) >= 11 is 0. The van der Waals surface area contributed by atoms with Gasteiger partial charge in [0.05, 0.1) is 19.1 Å². The van der Waals surface area contributed by atoms with Crippen LogP contribution in [0, 0.1) is 5.92 Å². The molecule has 1 aliphatic heterocycles. The van der Waals surface area contributed by atoms with E-state index in [1.807, 2.05) is 0 Å². The minimum Gasteiger partial charge on any atom is -0.379 e. The largest absolute Gasteiger partial charge is 0.379 e. The molecule has 1 saturated heterocycles. The molecule has 1 aliphatic carbocycles. The summed E-state index contributed by atoms with van der Waals surface area (Å²) in [7, 11) is 0. The standard InChI is InChI=1S/C15H25N3O2/c1-3-16-13-9-19-8-12(13)15-17-14(18-20-15)11-6-4-5-10(2)7-11/h10-13,16H,3-9H2,1-2H3. The maximum atomic E-state index is 5.56. The average molecular weight is 279 g/mol. The van der Waals surface area contributed by atoms with Gasteiger partial charge in [0.15, 0.2) is 5.82 Å². The normalized spacial score (nSPS) is 34.5. The van der Waals surface area contributed by atoms with Gasteiger partial charge in [0.2, 0.25) is 5.89 Å². The van der Waals surface area contributed by atoms with Gasteiger partial charge in [-0.25, -0.2) is 0 Å². The third-order valence-corrected chi connectivity index (χ3v) is 4.62. The first-order chi connectivity index (χ1) is 9.78. The molecule has 0 aromatic carbocycles. The van der Waals surface area contributed by atoms with Crippen LogP contribution >= 0.6 is 0 Å². The lowest BCUT2D eigenvalue weighted by Gasteiger charge is -2.23. The molecule has 3 rings (SSSR count). The topological polar surface area (TPSA) is 60.2 Å². The third kappa shape index (κ3) is 2.88. The van der Waals surface area contributed by atoms with Crippen LogP contribution < -0.4 is 5.32 Å². The Morgan fingerprint density at radius 2 is 2.20 bits per heavy atom. The molecular weight excluding hydrogens is 254 g/mol. The van der Waals surface area contributed by atoms with Gasteiger partial charge in [-0.1, -0.05) is 31.8 Å². The smallest absolute Gasteiger partial charge is 0.233 e. The molecule has 112 valence electrons. The molecule has 1 aromatic heterocycles. The first-order valence-corrected chi connectivity index (χ1v) is 7.92. The van der Waals surface area contributed by atoms with Crippen LogP contribution in [0.5, 0.6) is 0 Å². The highest BCUT2D eigenvalue weighted by Crippen LogP contribution is 2.35. The van der Waals surface area contributed by atoms with E-state index in [-0.39, 0.29) is 5.92 Å². The van der Waals surface area contributed by atoms with Crippen LogP contribution in [0.1, 0.15) is 63.1 Å². The second-order valence-electron chi connectivity index (χ2n) is 6.27. The summed E-state index contributed by atoms with van der Waals surface area (Å²) in [6, 6.07) is 0.304. The van der Waals surface area contributed by atoms with E-state index in [1.165, 1.54) is 25.7 Å². The maximum absolute atomic E-state index is 5.56. The van der Waals surface area contributed by atoms with Gasteiger partial charge in [-0.3, -0.25) is 0 Å². The highest BCUT2D eigenvalue weighted by Gasteiger charge is 2.34. The number of hydrogen-bond acceptors (Lipinski definition) is 5. The quantitative estimate of drug-likeness (QED) is 0.917. The molecule has 2 fully saturated rings. The summed E-state index contributed by atoms with van der Waals surface area (Å²) in [6.07, 6.45) is 5.00. The molecular formula is C15H25N3O2. The van der Waals surface area contributed by atoms with Gasteiger partial charge < -0.3 is 14.6 Å². The fraction of sp³-hybridized carbons (Fsp3) is 0.867. The van der Waals surface area contributed by atoms with E-state index in [0.29, 0.717) is 18.6 Å². The van der Waals surface area contributed by atoms with Crippen LogP contribution in [-0.2, 0) is 4.74 Å². The predicted octanol–water partition coefficient (Wildman–Crippen LogP) is 2.46. The molecule has 5 nitrogen and oxygen atoms in total. The van der Waals surface area contributed by atoms with Gasteiger partial charge in [0.1, 0.15) is 0 Å². The Morgan fingerprint density at radius 1 is 1.30 bits per heavy atom. The van der Waals surface area contributed by atoms with E-state index in [0.717, 1.165) is 30.8 Å². The van der Waals surface area contributed by atoms with Crippen molar-refractivity contribution in [1.29, 1.82) is 0 Å². The summed E-state index contributed by atoms with van der Waals surface area (Å²) < 4.78 is 11.1. The Bertz CT molecular complexity index is 435. The number of nitrogens with one attached hydrogen (secondary N) is 1. The van der Waals surface area contributed by atoms with E-state index in [4.69, 9.17) is 9.26 Å². The van der Waals surface area contributed by atoms with Crippen molar-refractivity contribution in [3.8, 4) is 0 Å². The van der Waals surface area contributed by atoms with Gasteiger partial charge in [0.25, 0.3) is 0 Å². The summed E-state index contributed by atoms with van der Waals surface area (Å²) in [5, 5.41) is 7.68. The molecule has 0 spiro atoms. The van der Waals surface area contributed by atoms with Crippen molar-refractivity contribution in [3.05, 3.63) is 11.7 Å². The molecule has 0 radical (unpaired) electrons. The van der Waals surface area contributed by atoms with Crippen molar-refractivity contribution in [2.45, 2.75) is 57.4 Å². The van der Waals surface area contributed by atoms with E-state index >= 15 is 0 Å². The summed E-state index contributed by atoms with van der Waals surface area (Å²) in [5.41, 5.74) is 0. The molecule has 2 aliphatic rings. The molecule has 1 aromatic rings. The molecule has 20 heavy (non-hydrogen) atoms. The van der Waals surface area contributed by atoms with E-state index in [9.17, 15) is 0 Å². The molecule has 2 heterocycles. The van der Waals surface area contributed by atoms with Gasteiger partial charge in [-0.15, -0.1) is 0 Å². The van der Waals surface area contributed by atoms with Crippen molar-refractivity contribution in [3.63, 3.8) is 0 Å². The molecule has 1 saturated carbocycles. The SMILES string of the molecule is CCNC1COCC1c1nc(C2CCCC(C)C2)no1. The molecule has 0 bridgehead atoms. The van der Waals surface area contributed by atoms with Gasteiger partial charge in [-0.05, 0) is 25.3 Å². The number of ether oxygens (including phenoxy) is 1. The number of likely N-dealkylation sites (N-methyl/N-ethyl adjacent to an activating group) is 1. The van der Waals surface area contributed by atoms with Crippen molar-refractivity contribution in [2.75, 3.05) is 19.8 Å². The highest BCUT2D eigenvalue weighted by atomic mass is 16.5. The molecule has 0 amide bonds. The molecule has 5 heteroatoms. The monoisotopic (exact) mass is 279 g/mol. The average Bonchev–Trinajstić information content (AvgIpc) is 3.07.